The molecule has 2 saturated carbocycles. The second-order valence-corrected chi connectivity index (χ2v) is 15.2. The fourth-order valence-corrected chi connectivity index (χ4v) is 8.50. The summed E-state index contributed by atoms with van der Waals surface area (Å²) in [6.45, 7) is 16.3. The highest BCUT2D eigenvalue weighted by Crippen LogP contribution is 2.51. The SMILES string of the molecule is CC1CCC(C(C)C)C(O)(c2ccc(-c3ccc(C(=C4CC(C)(C)CC(C)(C)C4)c4ccc(O)cc4)cc3)cc2)C1. The number of hydrogen-bond acceptors (Lipinski definition) is 2. The zero-order valence-electron chi connectivity index (χ0n) is 26.3. The summed E-state index contributed by atoms with van der Waals surface area (Å²) in [5.41, 5.74) is 8.36. The Kier molecular flexibility index (Phi) is 8.03. The third-order valence-electron chi connectivity index (χ3n) is 9.79. The maximum atomic E-state index is 11.9. The van der Waals surface area contributed by atoms with E-state index in [0.29, 0.717) is 23.5 Å². The Labute approximate surface area is 248 Å². The summed E-state index contributed by atoms with van der Waals surface area (Å²) in [5.74, 6) is 1.59. The summed E-state index contributed by atoms with van der Waals surface area (Å²) in [5, 5.41) is 21.9. The minimum absolute atomic E-state index is 0.246. The van der Waals surface area contributed by atoms with E-state index in [1.165, 1.54) is 40.7 Å². The fourth-order valence-electron chi connectivity index (χ4n) is 8.50. The van der Waals surface area contributed by atoms with E-state index in [1.807, 2.05) is 0 Å². The third kappa shape index (κ3) is 6.33. The molecule has 0 radical (unpaired) electrons. The molecular weight excluding hydrogens is 500 g/mol. The third-order valence-corrected chi connectivity index (χ3v) is 9.79. The van der Waals surface area contributed by atoms with Crippen LogP contribution in [0, 0.1) is 28.6 Å². The van der Waals surface area contributed by atoms with Crippen molar-refractivity contribution in [2.24, 2.45) is 28.6 Å². The van der Waals surface area contributed by atoms with Gasteiger partial charge in [-0.3, -0.25) is 0 Å². The summed E-state index contributed by atoms with van der Waals surface area (Å²) in [7, 11) is 0. The van der Waals surface area contributed by atoms with Crippen molar-refractivity contribution in [3.05, 3.63) is 95.1 Å². The lowest BCUT2D eigenvalue weighted by Crippen LogP contribution is -2.43. The van der Waals surface area contributed by atoms with Gasteiger partial charge in [0.25, 0.3) is 0 Å². The van der Waals surface area contributed by atoms with Crippen molar-refractivity contribution in [1.82, 2.24) is 0 Å². The van der Waals surface area contributed by atoms with Crippen LogP contribution in [0.15, 0.2) is 78.4 Å². The topological polar surface area (TPSA) is 40.5 Å². The molecule has 3 aromatic carbocycles. The number of phenolic OH excluding ortho intramolecular Hbond substituents is 1. The molecule has 3 aromatic rings. The molecule has 3 unspecified atom stereocenters. The molecule has 0 spiro atoms. The van der Waals surface area contributed by atoms with Crippen LogP contribution in [0.1, 0.15) is 104 Å². The summed E-state index contributed by atoms with van der Waals surface area (Å²) in [4.78, 5) is 0. The van der Waals surface area contributed by atoms with Gasteiger partial charge in [0.05, 0.1) is 5.60 Å². The van der Waals surface area contributed by atoms with E-state index < -0.39 is 5.60 Å². The molecule has 2 nitrogen and oxygen atoms in total. The Balaban J connectivity index is 1.48. The van der Waals surface area contributed by atoms with Gasteiger partial charge in [-0.25, -0.2) is 0 Å². The molecule has 2 N–H and O–H groups in total. The molecule has 0 aromatic heterocycles. The first-order chi connectivity index (χ1) is 19.3. The van der Waals surface area contributed by atoms with Crippen molar-refractivity contribution >= 4 is 5.57 Å². The molecule has 2 fully saturated rings. The molecule has 5 rings (SSSR count). The molecule has 41 heavy (non-hydrogen) atoms. The number of benzene rings is 3. The Morgan fingerprint density at radius 1 is 0.732 bits per heavy atom. The minimum Gasteiger partial charge on any atom is -0.508 e. The Hall–Kier alpha value is -2.84. The highest BCUT2D eigenvalue weighted by molar-refractivity contribution is 5.83. The van der Waals surface area contributed by atoms with Gasteiger partial charge in [-0.15, -0.1) is 0 Å². The average Bonchev–Trinajstić information content (AvgIpc) is 2.88. The van der Waals surface area contributed by atoms with E-state index >= 15 is 0 Å². The van der Waals surface area contributed by atoms with Crippen molar-refractivity contribution in [2.75, 3.05) is 0 Å². The van der Waals surface area contributed by atoms with Gasteiger partial charge < -0.3 is 10.2 Å². The summed E-state index contributed by atoms with van der Waals surface area (Å²) >= 11 is 0. The molecule has 2 aliphatic rings. The van der Waals surface area contributed by atoms with Crippen LogP contribution in [-0.2, 0) is 5.60 Å². The van der Waals surface area contributed by atoms with Crippen LogP contribution >= 0.6 is 0 Å². The quantitative estimate of drug-likeness (QED) is 0.332. The average molecular weight is 551 g/mol. The van der Waals surface area contributed by atoms with E-state index in [2.05, 4.69) is 109 Å². The van der Waals surface area contributed by atoms with E-state index in [0.717, 1.165) is 36.8 Å². The predicted octanol–water partition coefficient (Wildman–Crippen LogP) is 10.4. The zero-order chi connectivity index (χ0) is 29.6. The van der Waals surface area contributed by atoms with Crippen LogP contribution in [0.3, 0.4) is 0 Å². The molecule has 0 amide bonds. The van der Waals surface area contributed by atoms with Crippen LogP contribution in [0.4, 0.5) is 0 Å². The molecule has 0 heterocycles. The first-order valence-corrected chi connectivity index (χ1v) is 15.7. The lowest BCUT2D eigenvalue weighted by Gasteiger charge is -2.45. The largest absolute Gasteiger partial charge is 0.508 e. The predicted molar refractivity (Wildman–Crippen MR) is 173 cm³/mol. The van der Waals surface area contributed by atoms with Gasteiger partial charge in [0, 0.05) is 0 Å². The molecular formula is C39H50O2. The first kappa shape index (κ1) is 29.6. The number of hydrogen-bond donors (Lipinski definition) is 2. The van der Waals surface area contributed by atoms with Crippen molar-refractivity contribution in [3.63, 3.8) is 0 Å². The summed E-state index contributed by atoms with van der Waals surface area (Å²) in [6.07, 6.45) is 6.50. The monoisotopic (exact) mass is 550 g/mol. The Morgan fingerprint density at radius 3 is 1.73 bits per heavy atom. The number of aliphatic hydroxyl groups is 1. The van der Waals surface area contributed by atoms with Crippen LogP contribution in [-0.4, -0.2) is 10.2 Å². The number of phenols is 1. The van der Waals surface area contributed by atoms with Gasteiger partial charge >= 0.3 is 0 Å². The van der Waals surface area contributed by atoms with Gasteiger partial charge in [-0.05, 0) is 106 Å². The van der Waals surface area contributed by atoms with E-state index in [9.17, 15) is 10.2 Å². The fraction of sp³-hybridized carbons (Fsp3) is 0.487. The number of allylic oxidation sites excluding steroid dienone is 1. The summed E-state index contributed by atoms with van der Waals surface area (Å²) < 4.78 is 0. The minimum atomic E-state index is -0.749. The number of rotatable bonds is 5. The second kappa shape index (κ2) is 11.1. The van der Waals surface area contributed by atoms with Crippen LogP contribution < -0.4 is 0 Å². The van der Waals surface area contributed by atoms with E-state index in [4.69, 9.17) is 0 Å². The van der Waals surface area contributed by atoms with E-state index in [1.54, 1.807) is 12.1 Å². The van der Waals surface area contributed by atoms with Crippen LogP contribution in [0.25, 0.3) is 16.7 Å². The molecule has 0 saturated heterocycles. The Bertz CT molecular complexity index is 1350. The van der Waals surface area contributed by atoms with E-state index in [-0.39, 0.29) is 10.8 Å². The summed E-state index contributed by atoms with van der Waals surface area (Å²) in [6, 6.07) is 25.4. The molecule has 3 atom stereocenters. The van der Waals surface area contributed by atoms with Crippen molar-refractivity contribution < 1.29 is 10.2 Å². The van der Waals surface area contributed by atoms with Crippen LogP contribution in [0.5, 0.6) is 5.75 Å². The molecule has 2 aliphatic carbocycles. The normalized spacial score (nSPS) is 25.7. The molecule has 0 aliphatic heterocycles. The zero-order valence-corrected chi connectivity index (χ0v) is 26.3. The lowest BCUT2D eigenvalue weighted by atomic mass is 9.62. The number of aromatic hydroxyl groups is 1. The van der Waals surface area contributed by atoms with Gasteiger partial charge in [-0.2, -0.15) is 0 Å². The second-order valence-electron chi connectivity index (χ2n) is 15.2. The van der Waals surface area contributed by atoms with Crippen molar-refractivity contribution in [1.29, 1.82) is 0 Å². The lowest BCUT2D eigenvalue weighted by molar-refractivity contribution is -0.0865. The van der Waals surface area contributed by atoms with Crippen LogP contribution in [0.2, 0.25) is 0 Å². The van der Waals surface area contributed by atoms with Crippen molar-refractivity contribution in [3.8, 4) is 16.9 Å². The highest BCUT2D eigenvalue weighted by Gasteiger charge is 2.44. The van der Waals surface area contributed by atoms with Gasteiger partial charge in [-0.1, -0.05) is 121 Å². The molecule has 218 valence electrons. The molecule has 2 heteroatoms. The van der Waals surface area contributed by atoms with Gasteiger partial charge in [0.2, 0.25) is 0 Å². The first-order valence-electron chi connectivity index (χ1n) is 15.7. The standard InChI is InChI=1S/C39H50O2/c1-26(2)35-21-8-27(3)22-39(35,41)33-17-13-29(14-18-33)28-9-11-30(12-10-28)36(31-15-19-34(40)20-16-31)32-23-37(4,5)25-38(6,7)24-32/h9-20,26-27,35,40-41H,8,21-25H2,1-7H3. The maximum absolute atomic E-state index is 11.9. The van der Waals surface area contributed by atoms with Gasteiger partial charge in [0.15, 0.2) is 0 Å². The van der Waals surface area contributed by atoms with Gasteiger partial charge in [0.1, 0.15) is 5.75 Å². The molecule has 0 bridgehead atoms. The highest BCUT2D eigenvalue weighted by atomic mass is 16.3. The Morgan fingerprint density at radius 2 is 1.22 bits per heavy atom. The van der Waals surface area contributed by atoms with Crippen molar-refractivity contribution in [2.45, 2.75) is 92.6 Å². The smallest absolute Gasteiger partial charge is 0.115 e. The maximum Gasteiger partial charge on any atom is 0.115 e.